The molecule has 4 rings (SSSR count). The van der Waals surface area contributed by atoms with Crippen LogP contribution in [-0.4, -0.2) is 40.2 Å². The Bertz CT molecular complexity index is 1030. The van der Waals surface area contributed by atoms with Crippen LogP contribution in [0.1, 0.15) is 23.2 Å². The lowest BCUT2D eigenvalue weighted by molar-refractivity contribution is -0.130. The van der Waals surface area contributed by atoms with Gasteiger partial charge in [-0.25, -0.2) is 0 Å². The molecule has 1 aliphatic rings. The summed E-state index contributed by atoms with van der Waals surface area (Å²) in [4.78, 5) is 39.6. The van der Waals surface area contributed by atoms with Gasteiger partial charge in [0.15, 0.2) is 0 Å². The number of nitrogens with zero attached hydrogens (tertiary/aromatic N) is 2. The molecule has 2 heterocycles. The molecule has 3 aromatic rings. The number of likely N-dealkylation sites (tertiary alicyclic amines) is 1. The second-order valence-corrected chi connectivity index (χ2v) is 6.92. The van der Waals surface area contributed by atoms with Gasteiger partial charge >= 0.3 is 0 Å². The van der Waals surface area contributed by atoms with E-state index in [1.54, 1.807) is 41.1 Å². The molecular formula is C22H21N3O3. The highest BCUT2D eigenvalue weighted by molar-refractivity contribution is 6.48. The van der Waals surface area contributed by atoms with Gasteiger partial charge in [0.2, 0.25) is 5.91 Å². The van der Waals surface area contributed by atoms with Gasteiger partial charge in [0.1, 0.15) is 6.54 Å². The van der Waals surface area contributed by atoms with Crippen molar-refractivity contribution in [2.75, 3.05) is 18.4 Å². The summed E-state index contributed by atoms with van der Waals surface area (Å²) < 4.78 is 1.76. The Kier molecular flexibility index (Phi) is 4.93. The number of amides is 2. The van der Waals surface area contributed by atoms with Gasteiger partial charge in [0, 0.05) is 35.9 Å². The van der Waals surface area contributed by atoms with Gasteiger partial charge in [-0.3, -0.25) is 14.4 Å². The van der Waals surface area contributed by atoms with Crippen LogP contribution >= 0.6 is 0 Å². The van der Waals surface area contributed by atoms with Gasteiger partial charge < -0.3 is 14.8 Å². The van der Waals surface area contributed by atoms with Gasteiger partial charge in [0.25, 0.3) is 11.7 Å². The van der Waals surface area contributed by atoms with Crippen LogP contribution in [0.2, 0.25) is 0 Å². The summed E-state index contributed by atoms with van der Waals surface area (Å²) in [7, 11) is 0. The van der Waals surface area contributed by atoms with Gasteiger partial charge in [-0.05, 0) is 31.0 Å². The summed E-state index contributed by atoms with van der Waals surface area (Å²) >= 11 is 0. The average molecular weight is 375 g/mol. The lowest BCUT2D eigenvalue weighted by Crippen LogP contribution is -2.30. The minimum absolute atomic E-state index is 0.0333. The molecule has 2 aromatic carbocycles. The normalized spacial score (nSPS) is 13.6. The minimum Gasteiger partial charge on any atom is -0.341 e. The number of hydrogen-bond donors (Lipinski definition) is 1. The van der Waals surface area contributed by atoms with Crippen LogP contribution in [-0.2, 0) is 16.1 Å². The molecule has 1 aliphatic heterocycles. The van der Waals surface area contributed by atoms with Crippen molar-refractivity contribution in [2.24, 2.45) is 0 Å². The Morgan fingerprint density at radius 2 is 1.57 bits per heavy atom. The first-order valence-electron chi connectivity index (χ1n) is 9.40. The number of nitrogens with one attached hydrogen (secondary N) is 1. The molecule has 0 aliphatic carbocycles. The number of para-hydroxylation sites is 2. The summed E-state index contributed by atoms with van der Waals surface area (Å²) in [5.41, 5.74) is 1.64. The number of fused-ring (bicyclic) bond motifs is 1. The Morgan fingerprint density at radius 3 is 2.32 bits per heavy atom. The third-order valence-electron chi connectivity index (χ3n) is 5.04. The highest BCUT2D eigenvalue weighted by Gasteiger charge is 2.24. The van der Waals surface area contributed by atoms with Gasteiger partial charge in [-0.1, -0.05) is 36.4 Å². The van der Waals surface area contributed by atoms with E-state index in [2.05, 4.69) is 5.32 Å². The van der Waals surface area contributed by atoms with E-state index in [0.717, 1.165) is 31.4 Å². The van der Waals surface area contributed by atoms with E-state index in [9.17, 15) is 14.4 Å². The van der Waals surface area contributed by atoms with Gasteiger partial charge in [-0.2, -0.15) is 0 Å². The molecule has 1 fully saturated rings. The second-order valence-electron chi connectivity index (χ2n) is 6.92. The zero-order valence-electron chi connectivity index (χ0n) is 15.4. The van der Waals surface area contributed by atoms with E-state index in [0.29, 0.717) is 16.6 Å². The predicted molar refractivity (Wildman–Crippen MR) is 107 cm³/mol. The molecular weight excluding hydrogens is 354 g/mol. The largest absolute Gasteiger partial charge is 0.341 e. The molecule has 0 saturated carbocycles. The molecule has 0 bridgehead atoms. The summed E-state index contributed by atoms with van der Waals surface area (Å²) in [6, 6.07) is 16.2. The van der Waals surface area contributed by atoms with Crippen LogP contribution in [0.25, 0.3) is 10.9 Å². The second kappa shape index (κ2) is 7.68. The maximum atomic E-state index is 12.8. The summed E-state index contributed by atoms with van der Waals surface area (Å²) in [6.07, 6.45) is 3.68. The van der Waals surface area contributed by atoms with E-state index >= 15 is 0 Å². The SMILES string of the molecule is O=C(Nc1ccccc1)C(=O)c1cn(CC(=O)N2CCCC2)c2ccccc12. The Morgan fingerprint density at radius 1 is 0.893 bits per heavy atom. The van der Waals surface area contributed by atoms with Crippen molar-refractivity contribution in [3.8, 4) is 0 Å². The summed E-state index contributed by atoms with van der Waals surface area (Å²) in [5, 5.41) is 3.30. The van der Waals surface area contributed by atoms with Crippen LogP contribution in [0.4, 0.5) is 5.69 Å². The van der Waals surface area contributed by atoms with Crippen molar-refractivity contribution >= 4 is 34.2 Å². The van der Waals surface area contributed by atoms with Crippen LogP contribution in [0.15, 0.2) is 60.8 Å². The van der Waals surface area contributed by atoms with Crippen molar-refractivity contribution in [1.29, 1.82) is 0 Å². The molecule has 0 radical (unpaired) electrons. The zero-order valence-corrected chi connectivity index (χ0v) is 15.4. The molecule has 0 atom stereocenters. The predicted octanol–water partition coefficient (Wildman–Crippen LogP) is 3.09. The van der Waals surface area contributed by atoms with Crippen molar-refractivity contribution in [3.63, 3.8) is 0 Å². The fraction of sp³-hybridized carbons (Fsp3) is 0.227. The number of ketones is 1. The number of rotatable bonds is 5. The van der Waals surface area contributed by atoms with Crippen molar-refractivity contribution in [3.05, 3.63) is 66.4 Å². The molecule has 6 heteroatoms. The standard InChI is InChI=1S/C22H21N3O3/c26-20(24-12-6-7-13-24)15-25-14-18(17-10-4-5-11-19(17)25)21(27)22(28)23-16-8-2-1-3-9-16/h1-5,8-11,14H,6-7,12-13,15H2,(H,23,28). The fourth-order valence-electron chi connectivity index (χ4n) is 3.60. The summed E-state index contributed by atoms with van der Waals surface area (Å²) in [6.45, 7) is 1.72. The molecule has 28 heavy (non-hydrogen) atoms. The smallest absolute Gasteiger partial charge is 0.296 e. The Hall–Kier alpha value is -3.41. The number of aromatic nitrogens is 1. The quantitative estimate of drug-likeness (QED) is 0.550. The zero-order chi connectivity index (χ0) is 19.5. The van der Waals surface area contributed by atoms with E-state index in [1.807, 2.05) is 29.2 Å². The third kappa shape index (κ3) is 3.53. The highest BCUT2D eigenvalue weighted by Crippen LogP contribution is 2.23. The molecule has 0 spiro atoms. The summed E-state index contributed by atoms with van der Waals surface area (Å²) in [5.74, 6) is -1.28. The molecule has 1 aromatic heterocycles. The average Bonchev–Trinajstić information content (AvgIpc) is 3.37. The first kappa shape index (κ1) is 18.0. The first-order valence-corrected chi connectivity index (χ1v) is 9.40. The van der Waals surface area contributed by atoms with Gasteiger partial charge in [-0.15, -0.1) is 0 Å². The third-order valence-corrected chi connectivity index (χ3v) is 5.04. The molecule has 142 valence electrons. The van der Waals surface area contributed by atoms with E-state index in [-0.39, 0.29) is 12.5 Å². The maximum absolute atomic E-state index is 12.8. The number of benzene rings is 2. The fourth-order valence-corrected chi connectivity index (χ4v) is 3.60. The van der Waals surface area contributed by atoms with Gasteiger partial charge in [0.05, 0.1) is 5.56 Å². The van der Waals surface area contributed by atoms with Crippen molar-refractivity contribution in [2.45, 2.75) is 19.4 Å². The van der Waals surface area contributed by atoms with Crippen molar-refractivity contribution < 1.29 is 14.4 Å². The maximum Gasteiger partial charge on any atom is 0.296 e. The number of anilines is 1. The Balaban J connectivity index is 1.61. The topological polar surface area (TPSA) is 71.4 Å². The number of Topliss-reactive ketones (excluding diaryl/α,β-unsaturated/α-hetero) is 1. The van der Waals surface area contributed by atoms with Crippen molar-refractivity contribution in [1.82, 2.24) is 9.47 Å². The first-order chi connectivity index (χ1) is 13.6. The highest BCUT2D eigenvalue weighted by atomic mass is 16.2. The number of hydrogen-bond acceptors (Lipinski definition) is 3. The molecule has 6 nitrogen and oxygen atoms in total. The number of carbonyl (C=O) groups excluding carboxylic acids is 3. The van der Waals surface area contributed by atoms with E-state index < -0.39 is 11.7 Å². The molecule has 0 unspecified atom stereocenters. The van der Waals surface area contributed by atoms with Crippen LogP contribution in [0, 0.1) is 0 Å². The lowest BCUT2D eigenvalue weighted by atomic mass is 10.1. The molecule has 1 N–H and O–H groups in total. The molecule has 1 saturated heterocycles. The monoisotopic (exact) mass is 375 g/mol. The minimum atomic E-state index is -0.694. The number of carbonyl (C=O) groups is 3. The van der Waals surface area contributed by atoms with Crippen LogP contribution in [0.5, 0.6) is 0 Å². The van der Waals surface area contributed by atoms with E-state index in [4.69, 9.17) is 0 Å². The molecule has 2 amide bonds. The lowest BCUT2D eigenvalue weighted by Gasteiger charge is -2.15. The van der Waals surface area contributed by atoms with Crippen LogP contribution < -0.4 is 5.32 Å². The van der Waals surface area contributed by atoms with Crippen LogP contribution in [0.3, 0.4) is 0 Å². The Labute approximate surface area is 162 Å². The van der Waals surface area contributed by atoms with E-state index in [1.165, 1.54) is 0 Å².